The zero-order chi connectivity index (χ0) is 17.0. The highest BCUT2D eigenvalue weighted by molar-refractivity contribution is 6.32. The van der Waals surface area contributed by atoms with E-state index in [1.165, 1.54) is 31.2 Å². The summed E-state index contributed by atoms with van der Waals surface area (Å²) >= 11 is 5.96. The summed E-state index contributed by atoms with van der Waals surface area (Å²) in [5, 5.41) is 11.4. The van der Waals surface area contributed by atoms with Crippen molar-refractivity contribution in [2.45, 2.75) is 13.0 Å². The SMILES string of the molecule is C[C@H](Oc1ccc(C#N)cc1Cl)C(=O)Nc1ccc(F)c(F)c1. The predicted octanol–water partition coefficient (Wildman–Crippen LogP) is 3.90. The average molecular weight is 337 g/mol. The van der Waals surface area contributed by atoms with Crippen LogP contribution >= 0.6 is 11.6 Å². The van der Waals surface area contributed by atoms with Crippen LogP contribution in [0.1, 0.15) is 12.5 Å². The fraction of sp³-hybridized carbons (Fsp3) is 0.125. The standard InChI is InChI=1S/C16H11ClF2N2O2/c1-9(23-15-5-2-10(8-20)6-12(15)17)16(22)21-11-3-4-13(18)14(19)7-11/h2-7,9H,1H3,(H,21,22)/t9-/m0/s1. The lowest BCUT2D eigenvalue weighted by atomic mass is 10.2. The van der Waals surface area contributed by atoms with Crippen molar-refractivity contribution in [2.24, 2.45) is 0 Å². The van der Waals surface area contributed by atoms with Crippen LogP contribution in [0.3, 0.4) is 0 Å². The van der Waals surface area contributed by atoms with Crippen molar-refractivity contribution in [3.63, 3.8) is 0 Å². The lowest BCUT2D eigenvalue weighted by Gasteiger charge is -2.15. The maximum Gasteiger partial charge on any atom is 0.265 e. The molecular weight excluding hydrogens is 326 g/mol. The molecule has 0 saturated carbocycles. The number of hydrogen-bond donors (Lipinski definition) is 1. The number of carbonyl (C=O) groups is 1. The Kier molecular flexibility index (Phi) is 5.14. The van der Waals surface area contributed by atoms with Gasteiger partial charge in [-0.2, -0.15) is 5.26 Å². The second-order valence-corrected chi connectivity index (χ2v) is 5.04. The van der Waals surface area contributed by atoms with Gasteiger partial charge in [-0.1, -0.05) is 11.6 Å². The van der Waals surface area contributed by atoms with Crippen molar-refractivity contribution < 1.29 is 18.3 Å². The predicted molar refractivity (Wildman–Crippen MR) is 81.2 cm³/mol. The number of nitriles is 1. The summed E-state index contributed by atoms with van der Waals surface area (Å²) in [6.45, 7) is 1.48. The van der Waals surface area contributed by atoms with Gasteiger partial charge in [0.2, 0.25) is 0 Å². The molecule has 7 heteroatoms. The maximum atomic E-state index is 13.1. The molecule has 1 N–H and O–H groups in total. The van der Waals surface area contributed by atoms with Gasteiger partial charge >= 0.3 is 0 Å². The van der Waals surface area contributed by atoms with Crippen molar-refractivity contribution in [3.05, 3.63) is 58.6 Å². The summed E-state index contributed by atoms with van der Waals surface area (Å²) in [5.41, 5.74) is 0.469. The number of amides is 1. The number of carbonyl (C=O) groups excluding carboxylic acids is 1. The van der Waals surface area contributed by atoms with E-state index < -0.39 is 23.6 Å². The van der Waals surface area contributed by atoms with E-state index in [1.54, 1.807) is 0 Å². The second kappa shape index (κ2) is 7.07. The molecule has 0 aliphatic heterocycles. The van der Waals surface area contributed by atoms with Gasteiger partial charge in [0.1, 0.15) is 5.75 Å². The van der Waals surface area contributed by atoms with E-state index in [2.05, 4.69) is 5.32 Å². The Bertz CT molecular complexity index is 790. The Balaban J connectivity index is 2.05. The highest BCUT2D eigenvalue weighted by Crippen LogP contribution is 2.26. The molecule has 0 fully saturated rings. The molecule has 4 nitrogen and oxygen atoms in total. The number of ether oxygens (including phenoxy) is 1. The molecule has 1 amide bonds. The molecule has 2 aromatic carbocycles. The van der Waals surface area contributed by atoms with Crippen LogP contribution in [-0.4, -0.2) is 12.0 Å². The normalized spacial score (nSPS) is 11.4. The summed E-state index contributed by atoms with van der Waals surface area (Å²) < 4.78 is 31.4. The summed E-state index contributed by atoms with van der Waals surface area (Å²) in [4.78, 5) is 12.0. The first kappa shape index (κ1) is 16.7. The molecule has 0 aliphatic rings. The lowest BCUT2D eigenvalue weighted by Crippen LogP contribution is -2.30. The molecule has 0 heterocycles. The van der Waals surface area contributed by atoms with Crippen LogP contribution in [0.4, 0.5) is 14.5 Å². The van der Waals surface area contributed by atoms with Gasteiger partial charge in [-0.15, -0.1) is 0 Å². The van der Waals surface area contributed by atoms with E-state index in [4.69, 9.17) is 21.6 Å². The Hall–Kier alpha value is -2.65. The Morgan fingerprint density at radius 2 is 2.00 bits per heavy atom. The molecule has 2 rings (SSSR count). The molecule has 2 aromatic rings. The number of rotatable bonds is 4. The highest BCUT2D eigenvalue weighted by Gasteiger charge is 2.17. The van der Waals surface area contributed by atoms with Gasteiger partial charge in [0.25, 0.3) is 5.91 Å². The zero-order valence-electron chi connectivity index (χ0n) is 11.9. The Morgan fingerprint density at radius 3 is 2.61 bits per heavy atom. The monoisotopic (exact) mass is 336 g/mol. The summed E-state index contributed by atoms with van der Waals surface area (Å²) in [6.07, 6.45) is -0.937. The molecular formula is C16H11ClF2N2O2. The molecule has 118 valence electrons. The van der Waals surface area contributed by atoms with Gasteiger partial charge < -0.3 is 10.1 Å². The van der Waals surface area contributed by atoms with Crippen LogP contribution in [0.2, 0.25) is 5.02 Å². The topological polar surface area (TPSA) is 62.1 Å². The van der Waals surface area contributed by atoms with Gasteiger partial charge in [-0.25, -0.2) is 8.78 Å². The molecule has 0 unspecified atom stereocenters. The molecule has 0 spiro atoms. The minimum absolute atomic E-state index is 0.107. The van der Waals surface area contributed by atoms with Crippen LogP contribution in [0.15, 0.2) is 36.4 Å². The third kappa shape index (κ3) is 4.18. The van der Waals surface area contributed by atoms with Gasteiger partial charge in [0, 0.05) is 11.8 Å². The maximum absolute atomic E-state index is 13.1. The van der Waals surface area contributed by atoms with Gasteiger partial charge in [-0.3, -0.25) is 4.79 Å². The minimum atomic E-state index is -1.06. The fourth-order valence-corrected chi connectivity index (χ4v) is 1.95. The molecule has 1 atom stereocenters. The van der Waals surface area contributed by atoms with Crippen LogP contribution in [0.5, 0.6) is 5.75 Å². The fourth-order valence-electron chi connectivity index (χ4n) is 1.73. The van der Waals surface area contributed by atoms with Crippen molar-refractivity contribution in [1.29, 1.82) is 5.26 Å². The highest BCUT2D eigenvalue weighted by atomic mass is 35.5. The van der Waals surface area contributed by atoms with E-state index in [1.807, 2.05) is 6.07 Å². The van der Waals surface area contributed by atoms with Gasteiger partial charge in [0.15, 0.2) is 17.7 Å². The number of nitrogens with zero attached hydrogens (tertiary/aromatic N) is 1. The number of nitrogens with one attached hydrogen (secondary N) is 1. The molecule has 0 bridgehead atoms. The first-order chi connectivity index (χ1) is 10.9. The molecule has 0 radical (unpaired) electrons. The first-order valence-corrected chi connectivity index (χ1v) is 6.90. The van der Waals surface area contributed by atoms with Crippen LogP contribution in [0.25, 0.3) is 0 Å². The van der Waals surface area contributed by atoms with Crippen molar-refractivity contribution in [2.75, 3.05) is 5.32 Å². The largest absolute Gasteiger partial charge is 0.479 e. The molecule has 0 saturated heterocycles. The first-order valence-electron chi connectivity index (χ1n) is 6.53. The summed E-state index contributed by atoms with van der Waals surface area (Å²) in [5.74, 6) is -2.39. The molecule has 0 aromatic heterocycles. The number of benzene rings is 2. The number of anilines is 1. The van der Waals surface area contributed by atoms with Crippen molar-refractivity contribution in [1.82, 2.24) is 0 Å². The van der Waals surface area contributed by atoms with E-state index in [0.29, 0.717) is 5.56 Å². The third-order valence-corrected chi connectivity index (χ3v) is 3.22. The number of hydrogen-bond acceptors (Lipinski definition) is 3. The van der Waals surface area contributed by atoms with Crippen LogP contribution in [-0.2, 0) is 4.79 Å². The van der Waals surface area contributed by atoms with E-state index in [9.17, 15) is 13.6 Å². The quantitative estimate of drug-likeness (QED) is 0.921. The smallest absolute Gasteiger partial charge is 0.265 e. The van der Waals surface area contributed by atoms with E-state index in [0.717, 1.165) is 12.1 Å². The minimum Gasteiger partial charge on any atom is -0.479 e. The second-order valence-electron chi connectivity index (χ2n) is 4.64. The van der Waals surface area contributed by atoms with E-state index in [-0.39, 0.29) is 16.5 Å². The van der Waals surface area contributed by atoms with Crippen LogP contribution in [0, 0.1) is 23.0 Å². The van der Waals surface area contributed by atoms with Gasteiger partial charge in [0.05, 0.1) is 16.7 Å². The van der Waals surface area contributed by atoms with Crippen LogP contribution < -0.4 is 10.1 Å². The van der Waals surface area contributed by atoms with Gasteiger partial charge in [-0.05, 0) is 37.3 Å². The molecule has 23 heavy (non-hydrogen) atoms. The summed E-state index contributed by atoms with van der Waals surface area (Å²) in [6, 6.07) is 9.33. The Morgan fingerprint density at radius 1 is 1.26 bits per heavy atom. The zero-order valence-corrected chi connectivity index (χ0v) is 12.7. The molecule has 0 aliphatic carbocycles. The third-order valence-electron chi connectivity index (χ3n) is 2.92. The number of halogens is 3. The lowest BCUT2D eigenvalue weighted by molar-refractivity contribution is -0.122. The van der Waals surface area contributed by atoms with E-state index >= 15 is 0 Å². The summed E-state index contributed by atoms with van der Waals surface area (Å²) in [7, 11) is 0. The van der Waals surface area contributed by atoms with Crippen molar-refractivity contribution in [3.8, 4) is 11.8 Å². The average Bonchev–Trinajstić information content (AvgIpc) is 2.52. The van der Waals surface area contributed by atoms with Crippen molar-refractivity contribution >= 4 is 23.2 Å². The Labute approximate surface area is 136 Å².